The van der Waals surface area contributed by atoms with Gasteiger partial charge in [-0.15, -0.1) is 0 Å². The van der Waals surface area contributed by atoms with Crippen LogP contribution in [0.3, 0.4) is 0 Å². The Morgan fingerprint density at radius 3 is 2.19 bits per heavy atom. The highest BCUT2D eigenvalue weighted by molar-refractivity contribution is 6.30. The van der Waals surface area contributed by atoms with Gasteiger partial charge in [-0.3, -0.25) is 9.59 Å². The summed E-state index contributed by atoms with van der Waals surface area (Å²) < 4.78 is 4.89. The van der Waals surface area contributed by atoms with Crippen LogP contribution < -0.4 is 10.6 Å². The van der Waals surface area contributed by atoms with Crippen LogP contribution in [-0.4, -0.2) is 30.9 Å². The number of anilines is 1. The van der Waals surface area contributed by atoms with E-state index in [-0.39, 0.29) is 24.8 Å². The molecule has 0 spiro atoms. The molecule has 0 saturated heterocycles. The number of nitrogens with one attached hydrogen (secondary N) is 2. The average molecular weight is 375 g/mol. The largest absolute Gasteiger partial charge is 0.462 e. The monoisotopic (exact) mass is 374 g/mol. The first-order chi connectivity index (χ1) is 12.5. The average Bonchev–Trinajstić information content (AvgIpc) is 2.63. The minimum Gasteiger partial charge on any atom is -0.462 e. The fourth-order valence-electron chi connectivity index (χ4n) is 2.12. The maximum absolute atomic E-state index is 11.9. The number of esters is 1. The first kappa shape index (κ1) is 19.5. The Kier molecular flexibility index (Phi) is 7.17. The smallest absolute Gasteiger partial charge is 0.338 e. The molecule has 0 aliphatic rings. The van der Waals surface area contributed by atoms with Crippen molar-refractivity contribution in [3.05, 3.63) is 64.7 Å². The molecular weight excluding hydrogens is 356 g/mol. The van der Waals surface area contributed by atoms with Crippen molar-refractivity contribution in [2.45, 2.75) is 13.3 Å². The lowest BCUT2D eigenvalue weighted by molar-refractivity contribution is -0.116. The van der Waals surface area contributed by atoms with Gasteiger partial charge in [-0.2, -0.15) is 0 Å². The van der Waals surface area contributed by atoms with Gasteiger partial charge in [0, 0.05) is 29.2 Å². The van der Waals surface area contributed by atoms with E-state index >= 15 is 0 Å². The lowest BCUT2D eigenvalue weighted by Gasteiger charge is -2.08. The minimum atomic E-state index is -0.407. The highest BCUT2D eigenvalue weighted by atomic mass is 35.5. The molecule has 6 nitrogen and oxygen atoms in total. The fourth-order valence-corrected chi connectivity index (χ4v) is 2.25. The van der Waals surface area contributed by atoms with Crippen LogP contribution in [0, 0.1) is 0 Å². The molecule has 0 aliphatic carbocycles. The predicted molar refractivity (Wildman–Crippen MR) is 99.4 cm³/mol. The normalized spacial score (nSPS) is 10.1. The van der Waals surface area contributed by atoms with Crippen molar-refractivity contribution in [1.29, 1.82) is 0 Å². The number of halogens is 1. The van der Waals surface area contributed by atoms with E-state index in [9.17, 15) is 14.4 Å². The van der Waals surface area contributed by atoms with E-state index in [2.05, 4.69) is 10.6 Å². The third-order valence-corrected chi connectivity index (χ3v) is 3.68. The van der Waals surface area contributed by atoms with Gasteiger partial charge in [0.2, 0.25) is 5.91 Å². The van der Waals surface area contributed by atoms with E-state index in [1.165, 1.54) is 0 Å². The molecule has 0 fully saturated rings. The molecule has 136 valence electrons. The van der Waals surface area contributed by atoms with Crippen LogP contribution in [-0.2, 0) is 9.53 Å². The first-order valence-corrected chi connectivity index (χ1v) is 8.48. The third-order valence-electron chi connectivity index (χ3n) is 3.42. The molecule has 0 bridgehead atoms. The van der Waals surface area contributed by atoms with Gasteiger partial charge < -0.3 is 15.4 Å². The summed E-state index contributed by atoms with van der Waals surface area (Å²) in [6.07, 6.45) is 0.124. The van der Waals surface area contributed by atoms with Gasteiger partial charge in [0.25, 0.3) is 5.91 Å². The maximum atomic E-state index is 11.9. The summed E-state index contributed by atoms with van der Waals surface area (Å²) in [5.74, 6) is -0.922. The predicted octanol–water partition coefficient (Wildman–Crippen LogP) is 3.28. The minimum absolute atomic E-state index is 0.124. The fraction of sp³-hybridized carbons (Fsp3) is 0.211. The Bertz CT molecular complexity index is 773. The van der Waals surface area contributed by atoms with Crippen LogP contribution in [0.4, 0.5) is 5.69 Å². The molecule has 2 rings (SSSR count). The second kappa shape index (κ2) is 9.58. The SMILES string of the molecule is CCOC(=O)c1ccc(NC(=O)CCNC(=O)c2ccc(Cl)cc2)cc1. The number of benzene rings is 2. The molecule has 0 aliphatic heterocycles. The van der Waals surface area contributed by atoms with Crippen LogP contribution in [0.5, 0.6) is 0 Å². The van der Waals surface area contributed by atoms with Crippen LogP contribution in [0.1, 0.15) is 34.1 Å². The zero-order chi connectivity index (χ0) is 18.9. The van der Waals surface area contributed by atoms with Crippen molar-refractivity contribution < 1.29 is 19.1 Å². The van der Waals surface area contributed by atoms with Gasteiger partial charge in [-0.25, -0.2) is 4.79 Å². The highest BCUT2D eigenvalue weighted by Crippen LogP contribution is 2.11. The van der Waals surface area contributed by atoms with E-state index in [4.69, 9.17) is 16.3 Å². The van der Waals surface area contributed by atoms with Gasteiger partial charge >= 0.3 is 5.97 Å². The molecule has 0 heterocycles. The molecule has 7 heteroatoms. The van der Waals surface area contributed by atoms with Gasteiger partial charge in [-0.05, 0) is 55.5 Å². The molecule has 2 N–H and O–H groups in total. The number of rotatable bonds is 7. The van der Waals surface area contributed by atoms with Crippen molar-refractivity contribution >= 4 is 35.1 Å². The van der Waals surface area contributed by atoms with Crippen LogP contribution in [0.25, 0.3) is 0 Å². The highest BCUT2D eigenvalue weighted by Gasteiger charge is 2.09. The zero-order valence-electron chi connectivity index (χ0n) is 14.3. The maximum Gasteiger partial charge on any atom is 0.338 e. The molecule has 0 saturated carbocycles. The van der Waals surface area contributed by atoms with Crippen LogP contribution in [0.2, 0.25) is 5.02 Å². The number of hydrogen-bond acceptors (Lipinski definition) is 4. The second-order valence-electron chi connectivity index (χ2n) is 5.36. The Hall–Kier alpha value is -2.86. The summed E-state index contributed by atoms with van der Waals surface area (Å²) in [6.45, 7) is 2.24. The molecule has 26 heavy (non-hydrogen) atoms. The molecule has 2 aromatic rings. The summed E-state index contributed by atoms with van der Waals surface area (Å²) >= 11 is 5.77. The molecule has 2 amide bonds. The molecular formula is C19H19ClN2O4. The topological polar surface area (TPSA) is 84.5 Å². The Morgan fingerprint density at radius 1 is 0.962 bits per heavy atom. The Balaban J connectivity index is 1.77. The second-order valence-corrected chi connectivity index (χ2v) is 5.80. The van der Waals surface area contributed by atoms with E-state index in [0.29, 0.717) is 28.4 Å². The lowest BCUT2D eigenvalue weighted by atomic mass is 10.2. The van der Waals surface area contributed by atoms with Crippen LogP contribution in [0.15, 0.2) is 48.5 Å². The number of amides is 2. The van der Waals surface area contributed by atoms with Crippen LogP contribution >= 0.6 is 11.6 Å². The van der Waals surface area contributed by atoms with Gasteiger partial charge in [0.1, 0.15) is 0 Å². The van der Waals surface area contributed by atoms with Crippen molar-refractivity contribution in [1.82, 2.24) is 5.32 Å². The van der Waals surface area contributed by atoms with Gasteiger partial charge in [-0.1, -0.05) is 11.6 Å². The Morgan fingerprint density at radius 2 is 1.58 bits per heavy atom. The standard InChI is InChI=1S/C19H19ClN2O4/c1-2-26-19(25)14-5-9-16(10-6-14)22-17(23)11-12-21-18(24)13-3-7-15(20)8-4-13/h3-10H,2,11-12H2,1H3,(H,21,24)(H,22,23). The van der Waals surface area contributed by atoms with E-state index in [1.807, 2.05) is 0 Å². The van der Waals surface area contributed by atoms with E-state index in [1.54, 1.807) is 55.5 Å². The van der Waals surface area contributed by atoms with Gasteiger partial charge in [0.15, 0.2) is 0 Å². The summed E-state index contributed by atoms with van der Waals surface area (Å²) in [5.41, 5.74) is 1.46. The summed E-state index contributed by atoms with van der Waals surface area (Å²) in [7, 11) is 0. The number of carbonyl (C=O) groups excluding carboxylic acids is 3. The van der Waals surface area contributed by atoms with Gasteiger partial charge in [0.05, 0.1) is 12.2 Å². The summed E-state index contributed by atoms with van der Waals surface area (Å²) in [6, 6.07) is 12.9. The third kappa shape index (κ3) is 5.89. The molecule has 0 unspecified atom stereocenters. The molecule has 0 atom stereocenters. The van der Waals surface area contributed by atoms with Crippen molar-refractivity contribution in [3.8, 4) is 0 Å². The Labute approximate surface area is 156 Å². The molecule has 0 aromatic heterocycles. The lowest BCUT2D eigenvalue weighted by Crippen LogP contribution is -2.27. The first-order valence-electron chi connectivity index (χ1n) is 8.10. The molecule has 0 radical (unpaired) electrons. The van der Waals surface area contributed by atoms with Crippen molar-refractivity contribution in [3.63, 3.8) is 0 Å². The number of ether oxygens (including phenoxy) is 1. The summed E-state index contributed by atoms with van der Waals surface area (Å²) in [5, 5.41) is 5.92. The number of carbonyl (C=O) groups is 3. The molecule has 2 aromatic carbocycles. The van der Waals surface area contributed by atoms with Crippen molar-refractivity contribution in [2.75, 3.05) is 18.5 Å². The summed E-state index contributed by atoms with van der Waals surface area (Å²) in [4.78, 5) is 35.4. The quantitative estimate of drug-likeness (QED) is 0.728. The number of hydrogen-bond donors (Lipinski definition) is 2. The van der Waals surface area contributed by atoms with E-state index in [0.717, 1.165) is 0 Å². The van der Waals surface area contributed by atoms with Crippen molar-refractivity contribution in [2.24, 2.45) is 0 Å². The van der Waals surface area contributed by atoms with E-state index < -0.39 is 5.97 Å². The zero-order valence-corrected chi connectivity index (χ0v) is 15.0.